The summed E-state index contributed by atoms with van der Waals surface area (Å²) in [5.74, 6) is -0.368. The molecule has 1 aromatic carbocycles. The zero-order valence-corrected chi connectivity index (χ0v) is 10.9. The molecule has 1 aromatic rings. The van der Waals surface area contributed by atoms with Gasteiger partial charge in [0.2, 0.25) is 5.91 Å². The summed E-state index contributed by atoms with van der Waals surface area (Å²) in [6.07, 6.45) is 0.357. The molecular formula is C14H18N2O2. The zero-order chi connectivity index (χ0) is 13.3. The Hall–Kier alpha value is -1.68. The Bertz CT molecular complexity index is 482. The van der Waals surface area contributed by atoms with Crippen LogP contribution in [0.25, 0.3) is 0 Å². The van der Waals surface area contributed by atoms with Gasteiger partial charge in [-0.25, -0.2) is 0 Å². The van der Waals surface area contributed by atoms with Gasteiger partial charge in [-0.3, -0.25) is 4.79 Å². The van der Waals surface area contributed by atoms with Crippen LogP contribution in [0.15, 0.2) is 35.4 Å². The van der Waals surface area contributed by atoms with Gasteiger partial charge < -0.3 is 5.11 Å². The number of hydrazone groups is 1. The minimum absolute atomic E-state index is 0.168. The van der Waals surface area contributed by atoms with Crippen molar-refractivity contribution in [3.8, 4) is 0 Å². The Morgan fingerprint density at radius 1 is 1.39 bits per heavy atom. The average molecular weight is 246 g/mol. The van der Waals surface area contributed by atoms with Crippen molar-refractivity contribution in [3.05, 3.63) is 35.9 Å². The summed E-state index contributed by atoms with van der Waals surface area (Å²) in [4.78, 5) is 12.1. The van der Waals surface area contributed by atoms with E-state index in [0.29, 0.717) is 12.0 Å². The van der Waals surface area contributed by atoms with Crippen LogP contribution in [-0.4, -0.2) is 21.7 Å². The van der Waals surface area contributed by atoms with Crippen LogP contribution in [0.1, 0.15) is 32.8 Å². The summed E-state index contributed by atoms with van der Waals surface area (Å²) in [5.41, 5.74) is 0.113. The molecule has 0 aromatic heterocycles. The van der Waals surface area contributed by atoms with E-state index in [-0.39, 0.29) is 11.8 Å². The number of amides is 1. The first-order chi connectivity index (χ1) is 8.45. The minimum Gasteiger partial charge on any atom is -0.365 e. The highest BCUT2D eigenvalue weighted by molar-refractivity contribution is 5.89. The summed E-state index contributed by atoms with van der Waals surface area (Å²) < 4.78 is 0. The van der Waals surface area contributed by atoms with Crippen LogP contribution in [0.4, 0.5) is 0 Å². The molecule has 1 atom stereocenters. The van der Waals surface area contributed by atoms with Crippen LogP contribution < -0.4 is 0 Å². The highest BCUT2D eigenvalue weighted by Crippen LogP contribution is 2.35. The van der Waals surface area contributed by atoms with Gasteiger partial charge in [0.05, 0.1) is 0 Å². The minimum atomic E-state index is -1.34. The molecule has 0 saturated heterocycles. The zero-order valence-electron chi connectivity index (χ0n) is 10.9. The van der Waals surface area contributed by atoms with Gasteiger partial charge in [-0.05, 0) is 6.92 Å². The largest absolute Gasteiger partial charge is 0.365 e. The van der Waals surface area contributed by atoms with Crippen LogP contribution in [0, 0.1) is 5.92 Å². The number of rotatable bonds is 2. The molecule has 0 saturated carbocycles. The van der Waals surface area contributed by atoms with Crippen LogP contribution in [0.2, 0.25) is 0 Å². The van der Waals surface area contributed by atoms with Crippen molar-refractivity contribution in [2.45, 2.75) is 32.9 Å². The molecule has 2 rings (SSSR count). The van der Waals surface area contributed by atoms with Crippen LogP contribution >= 0.6 is 0 Å². The molecule has 1 aliphatic heterocycles. The molecule has 0 bridgehead atoms. The maximum absolute atomic E-state index is 12.1. The van der Waals surface area contributed by atoms with Gasteiger partial charge in [0.25, 0.3) is 0 Å². The highest BCUT2D eigenvalue weighted by Gasteiger charge is 2.45. The molecule has 1 amide bonds. The molecule has 0 aliphatic carbocycles. The Kier molecular flexibility index (Phi) is 3.22. The predicted molar refractivity (Wildman–Crippen MR) is 69.7 cm³/mol. The van der Waals surface area contributed by atoms with E-state index < -0.39 is 5.72 Å². The average Bonchev–Trinajstić information content (AvgIpc) is 2.66. The third kappa shape index (κ3) is 2.04. The fraction of sp³-hybridized carbons (Fsp3) is 0.429. The van der Waals surface area contributed by atoms with Gasteiger partial charge in [-0.1, -0.05) is 44.2 Å². The molecule has 1 heterocycles. The fourth-order valence-corrected chi connectivity index (χ4v) is 2.13. The number of carbonyl (C=O) groups is 1. The SMILES string of the molecule is CC1=NN(C(=O)C(C)C)[C@@](O)(c2ccccc2)C1. The first kappa shape index (κ1) is 12.8. The van der Waals surface area contributed by atoms with E-state index in [0.717, 1.165) is 5.71 Å². The topological polar surface area (TPSA) is 52.9 Å². The lowest BCUT2D eigenvalue weighted by atomic mass is 9.97. The van der Waals surface area contributed by atoms with Gasteiger partial charge in [-0.2, -0.15) is 10.1 Å². The first-order valence-corrected chi connectivity index (χ1v) is 6.11. The van der Waals surface area contributed by atoms with Crippen molar-refractivity contribution in [3.63, 3.8) is 0 Å². The summed E-state index contributed by atoms with van der Waals surface area (Å²) >= 11 is 0. The van der Waals surface area contributed by atoms with E-state index in [1.807, 2.05) is 37.3 Å². The second-order valence-corrected chi connectivity index (χ2v) is 5.00. The highest BCUT2D eigenvalue weighted by atomic mass is 16.3. The van der Waals surface area contributed by atoms with Crippen molar-refractivity contribution < 1.29 is 9.90 Å². The van der Waals surface area contributed by atoms with Gasteiger partial charge in [-0.15, -0.1) is 0 Å². The summed E-state index contributed by atoms with van der Waals surface area (Å²) in [5, 5.41) is 16.2. The lowest BCUT2D eigenvalue weighted by Gasteiger charge is -2.32. The van der Waals surface area contributed by atoms with Gasteiger partial charge in [0, 0.05) is 23.6 Å². The Balaban J connectivity index is 2.41. The molecule has 1 N–H and O–H groups in total. The molecule has 0 spiro atoms. The molecule has 1 aliphatic rings. The third-order valence-corrected chi connectivity index (χ3v) is 3.06. The summed E-state index contributed by atoms with van der Waals surface area (Å²) in [7, 11) is 0. The maximum atomic E-state index is 12.1. The van der Waals surface area contributed by atoms with Crippen LogP contribution in [0.3, 0.4) is 0 Å². The predicted octanol–water partition coefficient (Wildman–Crippen LogP) is 2.10. The first-order valence-electron chi connectivity index (χ1n) is 6.11. The van der Waals surface area contributed by atoms with Crippen molar-refractivity contribution >= 4 is 11.6 Å². The van der Waals surface area contributed by atoms with Crippen LogP contribution in [-0.2, 0) is 10.5 Å². The molecule has 96 valence electrons. The van der Waals surface area contributed by atoms with Crippen molar-refractivity contribution in [1.29, 1.82) is 0 Å². The molecular weight excluding hydrogens is 228 g/mol. The Morgan fingerprint density at radius 2 is 2.00 bits per heavy atom. The second kappa shape index (κ2) is 4.53. The maximum Gasteiger partial charge on any atom is 0.248 e. The van der Waals surface area contributed by atoms with Crippen molar-refractivity contribution in [1.82, 2.24) is 5.01 Å². The van der Waals surface area contributed by atoms with E-state index in [1.54, 1.807) is 13.8 Å². The molecule has 0 radical (unpaired) electrons. The quantitative estimate of drug-likeness (QED) is 0.868. The van der Waals surface area contributed by atoms with Crippen molar-refractivity contribution in [2.24, 2.45) is 11.0 Å². The Labute approximate surface area is 107 Å². The standard InChI is InChI=1S/C14H18N2O2/c1-10(2)13(17)16-14(18,9-11(3)15-16)12-7-5-4-6-8-12/h4-8,10,18H,9H2,1-3H3/t14-/m0/s1. The molecule has 4 nitrogen and oxygen atoms in total. The number of hydrogen-bond donors (Lipinski definition) is 1. The van der Waals surface area contributed by atoms with E-state index in [2.05, 4.69) is 5.10 Å². The van der Waals surface area contributed by atoms with E-state index in [4.69, 9.17) is 0 Å². The lowest BCUT2D eigenvalue weighted by molar-refractivity contribution is -0.161. The number of benzene rings is 1. The second-order valence-electron chi connectivity index (χ2n) is 5.00. The summed E-state index contributed by atoms with van der Waals surface area (Å²) in [6.45, 7) is 5.43. The smallest absolute Gasteiger partial charge is 0.248 e. The van der Waals surface area contributed by atoms with Crippen LogP contribution in [0.5, 0.6) is 0 Å². The van der Waals surface area contributed by atoms with E-state index in [1.165, 1.54) is 5.01 Å². The number of aliphatic hydroxyl groups is 1. The molecule has 18 heavy (non-hydrogen) atoms. The number of hydrogen-bond acceptors (Lipinski definition) is 3. The fourth-order valence-electron chi connectivity index (χ4n) is 2.13. The summed E-state index contributed by atoms with van der Waals surface area (Å²) in [6, 6.07) is 9.20. The Morgan fingerprint density at radius 3 is 2.56 bits per heavy atom. The van der Waals surface area contributed by atoms with Gasteiger partial charge in [0.1, 0.15) is 0 Å². The van der Waals surface area contributed by atoms with E-state index in [9.17, 15) is 9.90 Å². The normalized spacial score (nSPS) is 23.4. The number of nitrogens with zero attached hydrogens (tertiary/aromatic N) is 2. The molecule has 4 heteroatoms. The number of carbonyl (C=O) groups excluding carboxylic acids is 1. The van der Waals surface area contributed by atoms with Gasteiger partial charge in [0.15, 0.2) is 5.72 Å². The third-order valence-electron chi connectivity index (χ3n) is 3.06. The van der Waals surface area contributed by atoms with Gasteiger partial charge >= 0.3 is 0 Å². The van der Waals surface area contributed by atoms with E-state index >= 15 is 0 Å². The lowest BCUT2D eigenvalue weighted by Crippen LogP contribution is -2.45. The molecule has 0 unspecified atom stereocenters. The molecule has 0 fully saturated rings. The monoisotopic (exact) mass is 246 g/mol. The van der Waals surface area contributed by atoms with Crippen molar-refractivity contribution in [2.75, 3.05) is 0 Å².